The number of terminal acetylenes is 1. The third-order valence-corrected chi connectivity index (χ3v) is 22.4. The van der Waals surface area contributed by atoms with Crippen molar-refractivity contribution in [1.82, 2.24) is 39.9 Å². The molecule has 14 aromatic rings. The van der Waals surface area contributed by atoms with Gasteiger partial charge in [-0.3, -0.25) is 0 Å². The Kier molecular flexibility index (Phi) is 20.4. The molecule has 0 aliphatic carbocycles. The zero-order valence-corrected chi connectivity index (χ0v) is 73.1. The zero-order valence-electron chi connectivity index (χ0n) is 65.6. The number of halogens is 1. The van der Waals surface area contributed by atoms with Crippen LogP contribution in [0.5, 0.6) is 0 Å². The third-order valence-electron chi connectivity index (χ3n) is 21.8. The number of hydrogen-bond acceptors (Lipinski definition) is 4. The van der Waals surface area contributed by atoms with Crippen molar-refractivity contribution in [3.8, 4) is 113 Å². The second-order valence-corrected chi connectivity index (χ2v) is 30.9. The van der Waals surface area contributed by atoms with Crippen molar-refractivity contribution in [2.45, 2.75) is 76.2 Å². The van der Waals surface area contributed by atoms with Crippen molar-refractivity contribution in [1.29, 1.82) is 0 Å². The van der Waals surface area contributed by atoms with Gasteiger partial charge < -0.3 is 19.9 Å². The van der Waals surface area contributed by atoms with E-state index < -0.39 is 0 Å². The van der Waals surface area contributed by atoms with Gasteiger partial charge in [-0.15, -0.1) is 50.6 Å². The van der Waals surface area contributed by atoms with Gasteiger partial charge in [0.15, 0.2) is 0 Å². The Morgan fingerprint density at radius 2 is 0.482 bits per heavy atom. The minimum Gasteiger partial charge on any atom is -0.657 e. The van der Waals surface area contributed by atoms with Crippen LogP contribution < -0.4 is 19.9 Å². The first-order valence-corrected chi connectivity index (χ1v) is 38.6. The molecule has 0 radical (unpaired) electrons. The molecule has 8 aromatic carbocycles. The molecule has 114 heavy (non-hydrogen) atoms. The van der Waals surface area contributed by atoms with E-state index in [-0.39, 0.29) is 39.0 Å². The summed E-state index contributed by atoms with van der Waals surface area (Å²) in [5, 5.41) is 0. The fraction of sp³-hybridized carbons (Fsp3) is 0.107. The quantitative estimate of drug-likeness (QED) is 0.109. The van der Waals surface area contributed by atoms with Gasteiger partial charge in [0.25, 0.3) is 0 Å². The molecule has 0 unspecified atom stereocenters. The summed E-state index contributed by atoms with van der Waals surface area (Å²) in [5.41, 5.74) is 43.7. The maximum Gasteiger partial charge on any atom is 2.00 e. The first-order chi connectivity index (χ1) is 54.3. The summed E-state index contributed by atoms with van der Waals surface area (Å²) in [6, 6.07) is 70.6. The zero-order chi connectivity index (χ0) is 76.9. The van der Waals surface area contributed by atoms with Crippen LogP contribution >= 0.6 is 15.9 Å². The van der Waals surface area contributed by atoms with Gasteiger partial charge in [0.05, 0.1) is 45.6 Å². The molecule has 10 heterocycles. The van der Waals surface area contributed by atoms with Gasteiger partial charge in [-0.25, -0.2) is 19.9 Å². The van der Waals surface area contributed by atoms with Crippen LogP contribution in [0.3, 0.4) is 0 Å². The van der Waals surface area contributed by atoms with E-state index in [0.29, 0.717) is 0 Å². The minimum absolute atomic E-state index is 0. The van der Waals surface area contributed by atoms with Crippen LogP contribution in [0.1, 0.15) is 123 Å². The summed E-state index contributed by atoms with van der Waals surface area (Å²) in [7, 11) is 0. The van der Waals surface area contributed by atoms with Gasteiger partial charge >= 0.3 is 39.0 Å². The molecule has 16 bridgehead atoms. The molecule has 0 spiro atoms. The average Bonchev–Trinajstić information content (AvgIpc) is 1.59. The minimum atomic E-state index is 0. The van der Waals surface area contributed by atoms with Gasteiger partial charge in [-0.05, 0) is 301 Å². The Hall–Kier alpha value is -12.2. The SMILES string of the molecule is C#Cc1ccc(-c2c3nc(c(-c4c(C)cc(C)cc4C)c4ccc([n-]4)c(-c4ccc(C#Cc5ccc(-c6c7nc(c(-c8c(C)cc(C)cc8C)c8ccc([n-]8)c(-c8ccc(Br)cc8)c8nc(c(-c9c(C)cc(C)cc9C)c9ccc6[n-]9)C=C8)C=C7)cc5)cc4)c4nc(c(-c5ccc(C)cc5C)c5ccc2[n-]5)C=C4)C=C3)cc1.[Zn+2].[Zn+2]. The number of aromatic nitrogens is 8. The second-order valence-electron chi connectivity index (χ2n) is 30.0. The van der Waals surface area contributed by atoms with Crippen molar-refractivity contribution in [3.63, 3.8) is 0 Å². The summed E-state index contributed by atoms with van der Waals surface area (Å²) in [5.74, 6) is 9.88. The van der Waals surface area contributed by atoms with E-state index >= 15 is 0 Å². The molecule has 4 aliphatic heterocycles. The Morgan fingerprint density at radius 3 is 0.763 bits per heavy atom. The Balaban J connectivity index is 0.00000489. The van der Waals surface area contributed by atoms with Crippen molar-refractivity contribution >= 4 is 109 Å². The van der Waals surface area contributed by atoms with Gasteiger partial charge in [-0.2, -0.15) is 0 Å². The fourth-order valence-electron chi connectivity index (χ4n) is 17.2. The molecule has 538 valence electrons. The molecule has 6 aromatic heterocycles. The molecule has 4 aliphatic rings. The van der Waals surface area contributed by atoms with Gasteiger partial charge in [-0.1, -0.05) is 208 Å². The average molecular weight is 1640 g/mol. The normalized spacial score (nSPS) is 11.9. The van der Waals surface area contributed by atoms with E-state index in [4.69, 9.17) is 46.3 Å². The van der Waals surface area contributed by atoms with Crippen LogP contribution in [0.4, 0.5) is 0 Å². The Morgan fingerprint density at radius 1 is 0.246 bits per heavy atom. The smallest absolute Gasteiger partial charge is 0.657 e. The van der Waals surface area contributed by atoms with Crippen LogP contribution in [0.2, 0.25) is 0 Å². The first kappa shape index (κ1) is 75.8. The molecule has 0 atom stereocenters. The predicted molar refractivity (Wildman–Crippen MR) is 471 cm³/mol. The van der Waals surface area contributed by atoms with Crippen LogP contribution in [-0.4, -0.2) is 19.9 Å². The van der Waals surface area contributed by atoms with E-state index in [1.54, 1.807) is 0 Å². The number of benzene rings is 8. The molecular formula is C103H75BrN8Zn2. The number of aryl methyl sites for hydroxylation is 11. The predicted octanol–water partition coefficient (Wildman–Crippen LogP) is 25.0. The van der Waals surface area contributed by atoms with Crippen LogP contribution in [0.25, 0.3) is 182 Å². The van der Waals surface area contributed by atoms with Gasteiger partial charge in [0, 0.05) is 21.2 Å². The fourth-order valence-corrected chi connectivity index (χ4v) is 17.4. The van der Waals surface area contributed by atoms with Gasteiger partial charge in [0.2, 0.25) is 0 Å². The maximum atomic E-state index is 5.92. The number of rotatable bonds is 8. The van der Waals surface area contributed by atoms with Crippen molar-refractivity contribution in [2.75, 3.05) is 0 Å². The second kappa shape index (κ2) is 30.7. The van der Waals surface area contributed by atoms with E-state index in [1.807, 2.05) is 12.1 Å². The molecule has 0 amide bonds. The molecule has 0 saturated carbocycles. The standard InChI is InChI=1S/C103H75BrN8.2Zn/c1-13-68-17-23-71(24-18-68)96-77-34-42-85(105-77)100(76-33-14-57(2)50-61(76)6)86-43-35-78(106-86)97(80-37-45-88(108-80)101(87-44-36-79(96)107-87)93-62(7)51-58(3)52-63(93)8)72-25-19-69(20-26-72)15-16-70-21-27-73(28-22-70)98-81-38-46-89(109-81)102(94-64(9)53-59(4)54-65(94)10)91-48-40-83(111-91)99(74-29-31-75(104)32-30-74)84-41-49-92(112-84)103(90-47-39-82(98)110-90)95-66(11)55-60(5)56-67(95)12;;/h1,14,17-56H,2-12H3;;/q-4;2*+2. The summed E-state index contributed by atoms with van der Waals surface area (Å²) >= 11 is 3.71. The van der Waals surface area contributed by atoms with Crippen molar-refractivity contribution < 1.29 is 39.0 Å². The molecule has 0 N–H and O–H groups in total. The molecule has 18 rings (SSSR count). The first-order valence-electron chi connectivity index (χ1n) is 37.8. The van der Waals surface area contributed by atoms with Crippen LogP contribution in [0.15, 0.2) is 205 Å². The summed E-state index contributed by atoms with van der Waals surface area (Å²) in [6.07, 6.45) is 23.0. The Bertz CT molecular complexity index is 6870. The number of nitrogens with zero attached hydrogens (tertiary/aromatic N) is 8. The number of fused-ring (bicyclic) bond motifs is 16. The molecule has 11 heteroatoms. The number of hydrogen-bond donors (Lipinski definition) is 0. The van der Waals surface area contributed by atoms with E-state index in [9.17, 15) is 0 Å². The van der Waals surface area contributed by atoms with Gasteiger partial charge in [0.1, 0.15) is 0 Å². The summed E-state index contributed by atoms with van der Waals surface area (Å²) in [6.45, 7) is 23.9. The van der Waals surface area contributed by atoms with Crippen LogP contribution in [0, 0.1) is 100 Å². The van der Waals surface area contributed by atoms with Crippen LogP contribution in [-0.2, 0) is 39.0 Å². The Labute approximate surface area is 699 Å². The van der Waals surface area contributed by atoms with E-state index in [1.165, 1.54) is 22.3 Å². The molecule has 0 saturated heterocycles. The summed E-state index contributed by atoms with van der Waals surface area (Å²) in [4.78, 5) is 44.9. The monoisotopic (exact) mass is 1630 g/mol. The molecular weight excluding hydrogens is 1560 g/mol. The van der Waals surface area contributed by atoms with E-state index in [0.717, 1.165) is 239 Å². The molecule has 0 fully saturated rings. The largest absolute Gasteiger partial charge is 2.00 e. The molecule has 8 nitrogen and oxygen atoms in total. The maximum absolute atomic E-state index is 5.92. The van der Waals surface area contributed by atoms with E-state index in [2.05, 4.69) is 347 Å². The van der Waals surface area contributed by atoms with Crippen molar-refractivity contribution in [2.24, 2.45) is 0 Å². The van der Waals surface area contributed by atoms with Crippen molar-refractivity contribution in [3.05, 3.63) is 328 Å². The third kappa shape index (κ3) is 14.0. The summed E-state index contributed by atoms with van der Waals surface area (Å²) < 4.78 is 0.992. The topological polar surface area (TPSA) is 108 Å².